The third-order valence-corrected chi connectivity index (χ3v) is 2.27. The number of phenols is 2. The Morgan fingerprint density at radius 3 is 1.14 bits per heavy atom. The van der Waals surface area contributed by atoms with Crippen molar-refractivity contribution in [1.29, 1.82) is 0 Å². The van der Waals surface area contributed by atoms with Crippen LogP contribution in [0.3, 0.4) is 0 Å². The van der Waals surface area contributed by atoms with Gasteiger partial charge in [0, 0.05) is 0 Å². The van der Waals surface area contributed by atoms with Gasteiger partial charge in [-0.3, -0.25) is 0 Å². The van der Waals surface area contributed by atoms with Crippen molar-refractivity contribution < 1.29 is 30.0 Å². The number of aromatic carboxylic acids is 2. The van der Waals surface area contributed by atoms with Crippen molar-refractivity contribution in [1.82, 2.24) is 0 Å². The molecule has 0 radical (unpaired) electrons. The number of hydrogen-bond acceptors (Lipinski definition) is 4. The molecular formula is C16H18O6. The summed E-state index contributed by atoms with van der Waals surface area (Å²) in [6, 6.07) is 11.6. The third kappa shape index (κ3) is 5.96. The summed E-state index contributed by atoms with van der Waals surface area (Å²) in [7, 11) is 0. The summed E-state index contributed by atoms with van der Waals surface area (Å²) in [5, 5.41) is 34.6. The fourth-order valence-electron chi connectivity index (χ4n) is 1.31. The summed E-state index contributed by atoms with van der Waals surface area (Å²) < 4.78 is 0. The van der Waals surface area contributed by atoms with E-state index in [9.17, 15) is 9.59 Å². The average Bonchev–Trinajstić information content (AvgIpc) is 2.50. The molecule has 0 heterocycles. The highest BCUT2D eigenvalue weighted by Crippen LogP contribution is 2.15. The lowest BCUT2D eigenvalue weighted by molar-refractivity contribution is 0.0682. The molecule has 0 aromatic heterocycles. The van der Waals surface area contributed by atoms with Crippen LogP contribution in [0.15, 0.2) is 48.5 Å². The van der Waals surface area contributed by atoms with Gasteiger partial charge in [-0.25, -0.2) is 9.59 Å². The first kappa shape index (κ1) is 19.0. The van der Waals surface area contributed by atoms with Crippen LogP contribution in [0.25, 0.3) is 0 Å². The molecule has 0 saturated carbocycles. The Morgan fingerprint density at radius 2 is 0.955 bits per heavy atom. The monoisotopic (exact) mass is 306 g/mol. The minimum atomic E-state index is -1.11. The van der Waals surface area contributed by atoms with Gasteiger partial charge in [-0.1, -0.05) is 38.1 Å². The predicted molar refractivity (Wildman–Crippen MR) is 81.5 cm³/mol. The third-order valence-electron chi connectivity index (χ3n) is 2.27. The van der Waals surface area contributed by atoms with E-state index >= 15 is 0 Å². The van der Waals surface area contributed by atoms with Crippen LogP contribution in [-0.2, 0) is 0 Å². The molecule has 0 atom stereocenters. The topological polar surface area (TPSA) is 115 Å². The molecule has 0 spiro atoms. The largest absolute Gasteiger partial charge is 0.507 e. The number of rotatable bonds is 2. The molecule has 0 aliphatic carbocycles. The van der Waals surface area contributed by atoms with Crippen LogP contribution in [0.1, 0.15) is 34.6 Å². The summed E-state index contributed by atoms with van der Waals surface area (Å²) >= 11 is 0. The van der Waals surface area contributed by atoms with E-state index in [0.29, 0.717) is 0 Å². The zero-order chi connectivity index (χ0) is 17.1. The Kier molecular flexibility index (Phi) is 8.47. The zero-order valence-corrected chi connectivity index (χ0v) is 12.2. The van der Waals surface area contributed by atoms with Gasteiger partial charge in [-0.2, -0.15) is 0 Å². The van der Waals surface area contributed by atoms with Gasteiger partial charge in [-0.05, 0) is 24.3 Å². The quantitative estimate of drug-likeness (QED) is 0.677. The minimum Gasteiger partial charge on any atom is -0.507 e. The molecule has 0 amide bonds. The molecule has 2 aromatic rings. The molecule has 2 aromatic carbocycles. The molecule has 4 N–H and O–H groups in total. The van der Waals surface area contributed by atoms with Crippen LogP contribution in [0.2, 0.25) is 0 Å². The highest BCUT2D eigenvalue weighted by Gasteiger charge is 2.06. The summed E-state index contributed by atoms with van der Waals surface area (Å²) in [4.78, 5) is 20.5. The number of carboxylic acid groups (broad SMARTS) is 2. The molecular weight excluding hydrogens is 288 g/mol. The summed E-state index contributed by atoms with van der Waals surface area (Å²) in [5.74, 6) is -2.62. The smallest absolute Gasteiger partial charge is 0.339 e. The molecule has 0 fully saturated rings. The molecule has 0 unspecified atom stereocenters. The van der Waals surface area contributed by atoms with Crippen molar-refractivity contribution in [3.8, 4) is 11.5 Å². The van der Waals surface area contributed by atoms with Gasteiger partial charge >= 0.3 is 11.9 Å². The SMILES string of the molecule is CC.O=C(O)c1ccccc1O.O=C(O)c1ccccc1O. The first-order chi connectivity index (χ1) is 10.4. The Bertz CT molecular complexity index is 566. The van der Waals surface area contributed by atoms with E-state index in [4.69, 9.17) is 20.4 Å². The van der Waals surface area contributed by atoms with Gasteiger partial charge in [0.2, 0.25) is 0 Å². The van der Waals surface area contributed by atoms with Crippen LogP contribution in [0.5, 0.6) is 11.5 Å². The highest BCUT2D eigenvalue weighted by molar-refractivity contribution is 5.91. The van der Waals surface area contributed by atoms with Crippen molar-refractivity contribution in [3.63, 3.8) is 0 Å². The first-order valence-corrected chi connectivity index (χ1v) is 6.46. The van der Waals surface area contributed by atoms with Crippen LogP contribution < -0.4 is 0 Å². The Balaban J connectivity index is 0.000000360. The summed E-state index contributed by atoms with van der Waals surface area (Å²) in [6.07, 6.45) is 0. The number of aromatic hydroxyl groups is 2. The van der Waals surface area contributed by atoms with Gasteiger partial charge in [0.15, 0.2) is 0 Å². The Labute approximate surface area is 127 Å². The number of para-hydroxylation sites is 2. The Hall–Kier alpha value is -3.02. The lowest BCUT2D eigenvalue weighted by Gasteiger charge is -1.95. The van der Waals surface area contributed by atoms with Gasteiger partial charge in [-0.15, -0.1) is 0 Å². The second kappa shape index (κ2) is 9.82. The number of carboxylic acids is 2. The van der Waals surface area contributed by atoms with Crippen molar-refractivity contribution in [2.75, 3.05) is 0 Å². The van der Waals surface area contributed by atoms with Gasteiger partial charge in [0.05, 0.1) is 0 Å². The molecule has 2 rings (SSSR count). The Morgan fingerprint density at radius 1 is 0.682 bits per heavy atom. The molecule has 0 aliphatic heterocycles. The van der Waals surface area contributed by atoms with E-state index in [2.05, 4.69) is 0 Å². The zero-order valence-electron chi connectivity index (χ0n) is 12.2. The highest BCUT2D eigenvalue weighted by atomic mass is 16.4. The van der Waals surface area contributed by atoms with Crippen molar-refractivity contribution in [3.05, 3.63) is 59.7 Å². The standard InChI is InChI=1S/2C7H6O3.C2H6/c2*8-6-4-2-1-3-5(6)7(9)10;1-2/h2*1-4,8H,(H,9,10);1-2H3. The van der Waals surface area contributed by atoms with Gasteiger partial charge < -0.3 is 20.4 Å². The van der Waals surface area contributed by atoms with Crippen LogP contribution in [-0.4, -0.2) is 32.4 Å². The van der Waals surface area contributed by atoms with E-state index in [1.165, 1.54) is 24.3 Å². The van der Waals surface area contributed by atoms with Crippen LogP contribution in [0, 0.1) is 0 Å². The number of hydrogen-bond donors (Lipinski definition) is 4. The first-order valence-electron chi connectivity index (χ1n) is 6.46. The lowest BCUT2D eigenvalue weighted by atomic mass is 10.2. The van der Waals surface area contributed by atoms with Gasteiger partial charge in [0.25, 0.3) is 0 Å². The summed E-state index contributed by atoms with van der Waals surface area (Å²) in [5.41, 5.74) is -0.134. The average molecular weight is 306 g/mol. The molecule has 6 nitrogen and oxygen atoms in total. The predicted octanol–water partition coefficient (Wildman–Crippen LogP) is 3.21. The molecule has 0 saturated heterocycles. The molecule has 0 aliphatic rings. The normalized spacial score (nSPS) is 8.64. The number of carbonyl (C=O) groups is 2. The second-order valence-corrected chi connectivity index (χ2v) is 3.64. The van der Waals surface area contributed by atoms with Crippen molar-refractivity contribution >= 4 is 11.9 Å². The summed E-state index contributed by atoms with van der Waals surface area (Å²) in [6.45, 7) is 4.00. The fraction of sp³-hybridized carbons (Fsp3) is 0.125. The lowest BCUT2D eigenvalue weighted by Crippen LogP contribution is -1.95. The molecule has 118 valence electrons. The van der Waals surface area contributed by atoms with Crippen molar-refractivity contribution in [2.24, 2.45) is 0 Å². The second-order valence-electron chi connectivity index (χ2n) is 3.64. The fourth-order valence-corrected chi connectivity index (χ4v) is 1.31. The van der Waals surface area contributed by atoms with Gasteiger partial charge in [0.1, 0.15) is 22.6 Å². The molecule has 0 bridgehead atoms. The maximum absolute atomic E-state index is 10.3. The van der Waals surface area contributed by atoms with E-state index in [0.717, 1.165) is 0 Å². The minimum absolute atomic E-state index is 0.0671. The molecule has 22 heavy (non-hydrogen) atoms. The maximum atomic E-state index is 10.3. The van der Waals surface area contributed by atoms with E-state index in [1.54, 1.807) is 24.3 Å². The van der Waals surface area contributed by atoms with Crippen LogP contribution >= 0.6 is 0 Å². The maximum Gasteiger partial charge on any atom is 0.339 e. The van der Waals surface area contributed by atoms with Crippen molar-refractivity contribution in [2.45, 2.75) is 13.8 Å². The van der Waals surface area contributed by atoms with E-state index < -0.39 is 11.9 Å². The molecule has 6 heteroatoms. The van der Waals surface area contributed by atoms with E-state index in [1.807, 2.05) is 13.8 Å². The van der Waals surface area contributed by atoms with E-state index in [-0.39, 0.29) is 22.6 Å². The van der Waals surface area contributed by atoms with Crippen LogP contribution in [0.4, 0.5) is 0 Å². The number of benzene rings is 2.